The van der Waals surface area contributed by atoms with Crippen molar-refractivity contribution >= 4 is 0 Å². The molecule has 1 nitrogen and oxygen atoms in total. The molecule has 0 atom stereocenters. The zero-order chi connectivity index (χ0) is 7.82. The molecule has 0 radical (unpaired) electrons. The minimum Gasteiger partial charge on any atom is -0.306 e. The molecule has 0 aromatic heterocycles. The number of hydrogen-bond donors (Lipinski definition) is 0. The van der Waals surface area contributed by atoms with Crippen molar-refractivity contribution in [3.63, 3.8) is 0 Å². The van der Waals surface area contributed by atoms with Gasteiger partial charge in [0.25, 0.3) is 0 Å². The van der Waals surface area contributed by atoms with Gasteiger partial charge in [-0.05, 0) is 32.5 Å². The minimum atomic E-state index is 1.07. The number of hydrogen-bond acceptors (Lipinski definition) is 1. The average Bonchev–Trinajstić information content (AvgIpc) is 1.89. The lowest BCUT2D eigenvalue weighted by molar-refractivity contribution is 0.341. The zero-order valence-corrected chi connectivity index (χ0v) is 7.06. The van der Waals surface area contributed by atoms with Crippen molar-refractivity contribution in [3.05, 3.63) is 18.4 Å². The highest BCUT2D eigenvalue weighted by Gasteiger charge is 1.91. The Morgan fingerprint density at radius 1 is 1.50 bits per heavy atom. The van der Waals surface area contributed by atoms with E-state index in [9.17, 15) is 0 Å². The lowest BCUT2D eigenvalue weighted by atomic mass is 10.3. The second-order valence-electron chi connectivity index (χ2n) is 2.50. The van der Waals surface area contributed by atoms with Gasteiger partial charge in [0.15, 0.2) is 0 Å². The van der Waals surface area contributed by atoms with E-state index in [1.807, 2.05) is 6.08 Å². The Labute approximate surface area is 64.0 Å². The molecular formula is C9H17N. The van der Waals surface area contributed by atoms with Crippen molar-refractivity contribution in [3.8, 4) is 0 Å². The summed E-state index contributed by atoms with van der Waals surface area (Å²) in [5.74, 6) is 0. The first-order valence-corrected chi connectivity index (χ1v) is 3.84. The van der Waals surface area contributed by atoms with Crippen LogP contribution >= 0.6 is 0 Å². The zero-order valence-electron chi connectivity index (χ0n) is 7.06. The van der Waals surface area contributed by atoms with Crippen LogP contribution in [0.4, 0.5) is 0 Å². The van der Waals surface area contributed by atoms with Crippen LogP contribution < -0.4 is 0 Å². The maximum atomic E-state index is 3.50. The van der Waals surface area contributed by atoms with E-state index in [0.717, 1.165) is 13.0 Å². The Hall–Kier alpha value is -0.520. The van der Waals surface area contributed by atoms with Gasteiger partial charge in [-0.1, -0.05) is 13.5 Å². The molecule has 0 spiro atoms. The molecule has 0 saturated heterocycles. The molecule has 10 heavy (non-hydrogen) atoms. The summed E-state index contributed by atoms with van der Waals surface area (Å²) in [6, 6.07) is 0. The van der Waals surface area contributed by atoms with Crippen molar-refractivity contribution in [2.45, 2.75) is 19.8 Å². The summed E-state index contributed by atoms with van der Waals surface area (Å²) >= 11 is 0. The summed E-state index contributed by atoms with van der Waals surface area (Å²) in [4.78, 5) is 2.31. The fourth-order valence-electron chi connectivity index (χ4n) is 0.881. The molecular weight excluding hydrogens is 122 g/mol. The third kappa shape index (κ3) is 5.61. The maximum absolute atomic E-state index is 3.50. The van der Waals surface area contributed by atoms with Crippen molar-refractivity contribution in [1.82, 2.24) is 4.90 Å². The van der Waals surface area contributed by atoms with Gasteiger partial charge >= 0.3 is 0 Å². The van der Waals surface area contributed by atoms with Crippen LogP contribution in [0.25, 0.3) is 0 Å². The van der Waals surface area contributed by atoms with Crippen LogP contribution in [0.5, 0.6) is 0 Å². The predicted octanol–water partition coefficient (Wildman–Crippen LogP) is 2.06. The highest BCUT2D eigenvalue weighted by molar-refractivity contribution is 4.76. The molecule has 0 amide bonds. The van der Waals surface area contributed by atoms with Crippen molar-refractivity contribution in [2.24, 2.45) is 0 Å². The van der Waals surface area contributed by atoms with E-state index < -0.39 is 0 Å². The van der Waals surface area contributed by atoms with Crippen molar-refractivity contribution in [1.29, 1.82) is 0 Å². The highest BCUT2D eigenvalue weighted by atomic mass is 15.1. The Kier molecular flexibility index (Phi) is 6.25. The van der Waals surface area contributed by atoms with Crippen LogP contribution in [0.15, 0.2) is 18.4 Å². The van der Waals surface area contributed by atoms with E-state index in [2.05, 4.69) is 31.2 Å². The van der Waals surface area contributed by atoms with Gasteiger partial charge in [0.05, 0.1) is 0 Å². The molecule has 1 heteroatoms. The molecule has 0 aliphatic heterocycles. The van der Waals surface area contributed by atoms with Gasteiger partial charge < -0.3 is 4.90 Å². The second kappa shape index (κ2) is 6.60. The second-order valence-corrected chi connectivity index (χ2v) is 2.50. The molecule has 0 unspecified atom stereocenters. The molecule has 0 rings (SSSR count). The lowest BCUT2D eigenvalue weighted by Crippen LogP contribution is -2.19. The van der Waals surface area contributed by atoms with Crippen molar-refractivity contribution in [2.75, 3.05) is 20.1 Å². The maximum Gasteiger partial charge on any atom is 0.00189 e. The third-order valence-corrected chi connectivity index (χ3v) is 1.40. The molecule has 0 aromatic rings. The largest absolute Gasteiger partial charge is 0.306 e. The van der Waals surface area contributed by atoms with Crippen LogP contribution in [0, 0.1) is 0 Å². The summed E-state index contributed by atoms with van der Waals surface area (Å²) in [5.41, 5.74) is 2.76. The smallest absolute Gasteiger partial charge is 0.00189 e. The fourth-order valence-corrected chi connectivity index (χ4v) is 0.881. The van der Waals surface area contributed by atoms with E-state index in [1.54, 1.807) is 0 Å². The normalized spacial score (nSPS) is 9.50. The Balaban J connectivity index is 3.20. The van der Waals surface area contributed by atoms with Crippen LogP contribution in [0.1, 0.15) is 19.8 Å². The standard InChI is InChI=1S/C9H17N/c1-4-6-7-9-10(3)8-5-2/h6H,1,5,7-9H2,2-3H3. The van der Waals surface area contributed by atoms with Gasteiger partial charge in [-0.25, -0.2) is 0 Å². The molecule has 0 N–H and O–H groups in total. The summed E-state index contributed by atoms with van der Waals surface area (Å²) in [7, 11) is 2.14. The van der Waals surface area contributed by atoms with Crippen LogP contribution in [-0.2, 0) is 0 Å². The molecule has 0 aromatic carbocycles. The van der Waals surface area contributed by atoms with Gasteiger partial charge in [-0.3, -0.25) is 0 Å². The minimum absolute atomic E-state index is 1.07. The first kappa shape index (κ1) is 9.48. The van der Waals surface area contributed by atoms with E-state index in [1.165, 1.54) is 13.0 Å². The molecule has 0 fully saturated rings. The van der Waals surface area contributed by atoms with Crippen LogP contribution in [0.2, 0.25) is 0 Å². The molecule has 0 saturated carbocycles. The average molecular weight is 139 g/mol. The highest BCUT2D eigenvalue weighted by Crippen LogP contribution is 1.89. The molecule has 0 bridgehead atoms. The summed E-state index contributed by atoms with van der Waals surface area (Å²) in [5, 5.41) is 0. The summed E-state index contributed by atoms with van der Waals surface area (Å²) < 4.78 is 0. The molecule has 0 aliphatic carbocycles. The first-order valence-electron chi connectivity index (χ1n) is 3.84. The molecule has 0 heterocycles. The topological polar surface area (TPSA) is 3.24 Å². The van der Waals surface area contributed by atoms with E-state index in [0.29, 0.717) is 0 Å². The van der Waals surface area contributed by atoms with Gasteiger partial charge in [0.1, 0.15) is 0 Å². The van der Waals surface area contributed by atoms with Crippen LogP contribution in [-0.4, -0.2) is 25.0 Å². The van der Waals surface area contributed by atoms with Gasteiger partial charge in [0.2, 0.25) is 0 Å². The number of nitrogens with zero attached hydrogens (tertiary/aromatic N) is 1. The van der Waals surface area contributed by atoms with Crippen molar-refractivity contribution < 1.29 is 0 Å². The van der Waals surface area contributed by atoms with E-state index in [-0.39, 0.29) is 0 Å². The monoisotopic (exact) mass is 139 g/mol. The fraction of sp³-hybridized carbons (Fsp3) is 0.667. The van der Waals surface area contributed by atoms with Gasteiger partial charge in [-0.15, -0.1) is 5.73 Å². The lowest BCUT2D eigenvalue weighted by Gasteiger charge is -2.12. The van der Waals surface area contributed by atoms with Gasteiger partial charge in [0, 0.05) is 6.54 Å². The summed E-state index contributed by atoms with van der Waals surface area (Å²) in [6.07, 6.45) is 4.28. The molecule has 58 valence electrons. The van der Waals surface area contributed by atoms with Gasteiger partial charge in [-0.2, -0.15) is 0 Å². The Bertz CT molecular complexity index is 112. The predicted molar refractivity (Wildman–Crippen MR) is 46.1 cm³/mol. The summed E-state index contributed by atoms with van der Waals surface area (Å²) in [6.45, 7) is 8.01. The SMILES string of the molecule is C=C=CCCN(C)CCC. The first-order chi connectivity index (χ1) is 4.81. The van der Waals surface area contributed by atoms with E-state index >= 15 is 0 Å². The van der Waals surface area contributed by atoms with Crippen LogP contribution in [0.3, 0.4) is 0 Å². The third-order valence-electron chi connectivity index (χ3n) is 1.40. The molecule has 0 aliphatic rings. The Morgan fingerprint density at radius 2 is 2.20 bits per heavy atom. The number of rotatable bonds is 5. The quantitative estimate of drug-likeness (QED) is 0.527. The van der Waals surface area contributed by atoms with E-state index in [4.69, 9.17) is 0 Å². The Morgan fingerprint density at radius 3 is 2.70 bits per heavy atom.